The molecule has 0 aromatic heterocycles. The van der Waals surface area contributed by atoms with E-state index < -0.39 is 21.3 Å². The molecule has 0 aliphatic heterocycles. The van der Waals surface area contributed by atoms with Crippen molar-refractivity contribution in [2.24, 2.45) is 0 Å². The van der Waals surface area contributed by atoms with Crippen LogP contribution in [-0.4, -0.2) is 3.21 Å². The van der Waals surface area contributed by atoms with E-state index in [1.165, 1.54) is 22.3 Å². The van der Waals surface area contributed by atoms with Crippen molar-refractivity contribution in [2.45, 2.75) is 21.1 Å². The van der Waals surface area contributed by atoms with Crippen molar-refractivity contribution in [2.75, 3.05) is 0 Å². The van der Waals surface area contributed by atoms with Gasteiger partial charge in [-0.15, -0.1) is 0 Å². The number of fused-ring (bicyclic) bond motifs is 2. The van der Waals surface area contributed by atoms with Crippen LogP contribution in [0.1, 0.15) is 43.4 Å². The second kappa shape index (κ2) is 8.89. The summed E-state index contributed by atoms with van der Waals surface area (Å²) in [4.78, 5) is 0. The smallest absolute Gasteiger partial charge is 1.00 e. The zero-order valence-electron chi connectivity index (χ0n) is 14.4. The van der Waals surface area contributed by atoms with Crippen LogP contribution in [0.15, 0.2) is 48.6 Å². The Labute approximate surface area is 185 Å². The Hall–Kier alpha value is -0.167. The van der Waals surface area contributed by atoms with Crippen LogP contribution in [0.25, 0.3) is 12.2 Å². The van der Waals surface area contributed by atoms with Gasteiger partial charge < -0.3 is 24.8 Å². The van der Waals surface area contributed by atoms with E-state index in [-0.39, 0.29) is 24.8 Å². The van der Waals surface area contributed by atoms with Crippen LogP contribution in [0.4, 0.5) is 0 Å². The van der Waals surface area contributed by atoms with Crippen LogP contribution in [0, 0.1) is 0 Å². The molecule has 134 valence electrons. The molecule has 5 heteroatoms. The predicted octanol–water partition coefficient (Wildman–Crippen LogP) is 0.668. The Morgan fingerprint density at radius 1 is 0.769 bits per heavy atom. The molecule has 2 aromatic rings. The minimum absolute atomic E-state index is 0. The van der Waals surface area contributed by atoms with Crippen LogP contribution in [0.2, 0.25) is 10.0 Å². The topological polar surface area (TPSA) is 0 Å². The standard InChI is InChI=1S/2C9H6Cl.C3H6.2ClH.Zr/c2*10-9-5-4-7-2-1-3-8(7)6-9;1-3-2;;;/h2*1-6H;1-2H3;2*1H;/q;;;;;+2/p-2. The molecule has 4 rings (SSSR count). The van der Waals surface area contributed by atoms with Crippen molar-refractivity contribution in [3.05, 3.63) is 80.8 Å². The fourth-order valence-corrected chi connectivity index (χ4v) is 12.7. The second-order valence-corrected chi connectivity index (χ2v) is 15.3. The Kier molecular flexibility index (Phi) is 7.57. The maximum atomic E-state index is 6.18. The van der Waals surface area contributed by atoms with Crippen molar-refractivity contribution in [3.8, 4) is 0 Å². The molecule has 26 heavy (non-hydrogen) atoms. The summed E-state index contributed by atoms with van der Waals surface area (Å²) in [7, 11) is 0. The third kappa shape index (κ3) is 3.99. The molecule has 2 aromatic carbocycles. The van der Waals surface area contributed by atoms with E-state index in [1.807, 2.05) is 12.1 Å². The van der Waals surface area contributed by atoms with Gasteiger partial charge in [0.15, 0.2) is 0 Å². The number of hydrogen-bond acceptors (Lipinski definition) is 0. The first-order valence-corrected chi connectivity index (χ1v) is 13.0. The van der Waals surface area contributed by atoms with Gasteiger partial charge in [0, 0.05) is 0 Å². The molecular weight excluding hydrogens is 485 g/mol. The number of allylic oxidation sites excluding steroid dienone is 2. The zero-order chi connectivity index (χ0) is 16.8. The van der Waals surface area contributed by atoms with Crippen LogP contribution < -0.4 is 24.8 Å². The Bertz CT molecular complexity index is 854. The first kappa shape index (κ1) is 22.1. The van der Waals surface area contributed by atoms with Crippen LogP contribution in [-0.2, 0) is 21.3 Å². The van der Waals surface area contributed by atoms with Gasteiger partial charge in [0.05, 0.1) is 0 Å². The maximum Gasteiger partial charge on any atom is -1.00 e. The molecule has 0 N–H and O–H groups in total. The van der Waals surface area contributed by atoms with Crippen molar-refractivity contribution in [3.63, 3.8) is 0 Å². The Balaban J connectivity index is 0.00000121. The molecule has 0 heterocycles. The average Bonchev–Trinajstić information content (AvgIpc) is 3.12. The van der Waals surface area contributed by atoms with E-state index >= 15 is 0 Å². The predicted molar refractivity (Wildman–Crippen MR) is 103 cm³/mol. The van der Waals surface area contributed by atoms with E-state index in [0.717, 1.165) is 10.0 Å². The maximum absolute atomic E-state index is 6.18. The molecule has 0 nitrogen and oxygen atoms in total. The molecule has 0 saturated heterocycles. The summed E-state index contributed by atoms with van der Waals surface area (Å²) in [6.07, 6.45) is 9.36. The van der Waals surface area contributed by atoms with E-state index in [9.17, 15) is 0 Å². The summed E-state index contributed by atoms with van der Waals surface area (Å²) in [5.74, 6) is 0. The van der Waals surface area contributed by atoms with Gasteiger partial charge >= 0.3 is 162 Å². The molecule has 2 unspecified atom stereocenters. The molecule has 2 aliphatic rings. The monoisotopic (exact) mass is 500 g/mol. The van der Waals surface area contributed by atoms with Gasteiger partial charge in [-0.2, -0.15) is 0 Å². The first-order valence-electron chi connectivity index (χ1n) is 8.17. The van der Waals surface area contributed by atoms with Gasteiger partial charge in [-0.25, -0.2) is 0 Å². The van der Waals surface area contributed by atoms with Gasteiger partial charge in [0.25, 0.3) is 0 Å². The summed E-state index contributed by atoms with van der Waals surface area (Å²) in [6.45, 7) is 4.66. The normalized spacial score (nSPS) is 18.3. The van der Waals surface area contributed by atoms with Gasteiger partial charge in [-0.1, -0.05) is 0 Å². The average molecular weight is 503 g/mol. The third-order valence-corrected chi connectivity index (χ3v) is 14.0. The summed E-state index contributed by atoms with van der Waals surface area (Å²) >= 11 is 10.4. The summed E-state index contributed by atoms with van der Waals surface area (Å²) in [5.41, 5.74) is 5.52. The molecular formula is C21H18Cl4Zr. The summed E-state index contributed by atoms with van der Waals surface area (Å²) in [5, 5.41) is 1.64. The minimum Gasteiger partial charge on any atom is -1.00 e. The summed E-state index contributed by atoms with van der Waals surface area (Å²) in [6, 6.07) is 12.7. The number of rotatable bonds is 2. The van der Waals surface area contributed by atoms with Crippen LogP contribution in [0.5, 0.6) is 0 Å². The van der Waals surface area contributed by atoms with E-state index in [2.05, 4.69) is 62.4 Å². The van der Waals surface area contributed by atoms with Gasteiger partial charge in [-0.05, 0) is 0 Å². The third-order valence-electron chi connectivity index (χ3n) is 4.95. The molecule has 0 bridgehead atoms. The molecule has 0 amide bonds. The fraction of sp³-hybridized carbons (Fsp3) is 0.190. The van der Waals surface area contributed by atoms with Crippen molar-refractivity contribution >= 4 is 38.6 Å². The zero-order valence-corrected chi connectivity index (χ0v) is 19.9. The number of benzene rings is 2. The molecule has 2 aliphatic carbocycles. The Morgan fingerprint density at radius 2 is 1.19 bits per heavy atom. The molecule has 0 spiro atoms. The first-order chi connectivity index (χ1) is 11.5. The van der Waals surface area contributed by atoms with E-state index in [0.29, 0.717) is 7.25 Å². The minimum atomic E-state index is -1.97. The molecule has 0 radical (unpaired) electrons. The quantitative estimate of drug-likeness (QED) is 0.566. The van der Waals surface area contributed by atoms with E-state index in [4.69, 9.17) is 23.2 Å². The van der Waals surface area contributed by atoms with Crippen molar-refractivity contribution < 1.29 is 46.1 Å². The largest absolute Gasteiger partial charge is 1.00 e. The van der Waals surface area contributed by atoms with Crippen molar-refractivity contribution in [1.82, 2.24) is 0 Å². The second-order valence-electron chi connectivity index (χ2n) is 6.68. The molecule has 2 atom stereocenters. The number of halogens is 4. The fourth-order valence-electron chi connectivity index (χ4n) is 3.91. The molecule has 0 saturated carbocycles. The Morgan fingerprint density at radius 3 is 1.58 bits per heavy atom. The summed E-state index contributed by atoms with van der Waals surface area (Å²) < 4.78 is 2.81. The van der Waals surface area contributed by atoms with Gasteiger partial charge in [-0.3, -0.25) is 0 Å². The van der Waals surface area contributed by atoms with Crippen LogP contribution >= 0.6 is 23.2 Å². The van der Waals surface area contributed by atoms with E-state index in [1.54, 1.807) is 3.21 Å². The van der Waals surface area contributed by atoms with Gasteiger partial charge in [0.1, 0.15) is 0 Å². The van der Waals surface area contributed by atoms with Crippen molar-refractivity contribution in [1.29, 1.82) is 0 Å². The SMILES string of the molecule is C[C](C)=[Zr+2]([CH]1C=Cc2cc(Cl)ccc21)[CH]1C=Cc2cc(Cl)ccc21.[Cl-].[Cl-]. The van der Waals surface area contributed by atoms with Gasteiger partial charge in [0.2, 0.25) is 0 Å². The van der Waals surface area contributed by atoms with Crippen LogP contribution in [0.3, 0.4) is 0 Å². The molecule has 0 fully saturated rings. The number of hydrogen-bond donors (Lipinski definition) is 0.